The predicted octanol–water partition coefficient (Wildman–Crippen LogP) is 16.9. The van der Waals surface area contributed by atoms with E-state index in [1.54, 1.807) is 0 Å². The van der Waals surface area contributed by atoms with Crippen LogP contribution in [0.2, 0.25) is 0 Å². The van der Waals surface area contributed by atoms with Gasteiger partial charge in [-0.25, -0.2) is 0 Å². The van der Waals surface area contributed by atoms with Gasteiger partial charge in [0, 0.05) is 33.9 Å². The van der Waals surface area contributed by atoms with Crippen molar-refractivity contribution in [2.24, 2.45) is 0 Å². The van der Waals surface area contributed by atoms with Gasteiger partial charge in [-0.3, -0.25) is 0 Å². The molecule has 2 aliphatic heterocycles. The topological polar surface area (TPSA) is 6.48 Å². The third kappa shape index (κ3) is 8.78. The van der Waals surface area contributed by atoms with Gasteiger partial charge in [0.1, 0.15) is 0 Å². The molecule has 354 valence electrons. The van der Waals surface area contributed by atoms with Gasteiger partial charge in [-0.05, 0) is 142 Å². The van der Waals surface area contributed by atoms with Crippen LogP contribution in [0, 0.1) is 0 Å². The van der Waals surface area contributed by atoms with Crippen molar-refractivity contribution < 1.29 is 0 Å². The van der Waals surface area contributed by atoms with Gasteiger partial charge in [0.15, 0.2) is 0 Å². The van der Waals surface area contributed by atoms with Crippen LogP contribution in [0.25, 0.3) is 22.3 Å². The van der Waals surface area contributed by atoms with Crippen LogP contribution in [0.4, 0.5) is 34.1 Å². The van der Waals surface area contributed by atoms with E-state index in [1.807, 2.05) is 0 Å². The zero-order chi connectivity index (χ0) is 50.0. The summed E-state index contributed by atoms with van der Waals surface area (Å²) in [6.07, 6.45) is 0. The number of nitrogens with zero attached hydrogens (tertiary/aromatic N) is 2. The molecule has 0 atom stereocenters. The molecule has 0 amide bonds. The highest BCUT2D eigenvalue weighted by molar-refractivity contribution is 7.00. The normalized spacial score (nSPS) is 14.1. The van der Waals surface area contributed by atoms with E-state index < -0.39 is 0 Å². The Labute approximate surface area is 417 Å². The summed E-state index contributed by atoms with van der Waals surface area (Å²) in [6, 6.07) is 55.1. The molecular weight excluding hydrogens is 832 g/mol. The van der Waals surface area contributed by atoms with E-state index in [1.165, 1.54) is 106 Å². The zero-order valence-corrected chi connectivity index (χ0v) is 45.3. The predicted molar refractivity (Wildman–Crippen MR) is 304 cm³/mol. The fraction of sp³-hybridized carbons (Fsp3) is 0.364. The van der Waals surface area contributed by atoms with Crippen LogP contribution in [-0.2, 0) is 32.5 Å². The molecule has 69 heavy (non-hydrogen) atoms. The highest BCUT2D eigenvalue weighted by atomic mass is 15.2. The quantitative estimate of drug-likeness (QED) is 0.162. The Bertz CT molecular complexity index is 2880. The summed E-state index contributed by atoms with van der Waals surface area (Å²) in [4.78, 5) is 5.23. The van der Waals surface area contributed by atoms with Gasteiger partial charge in [0.2, 0.25) is 0 Å². The lowest BCUT2D eigenvalue weighted by Crippen LogP contribution is -2.61. The minimum atomic E-state index is -0.0446. The highest BCUT2D eigenvalue weighted by Crippen LogP contribution is 2.50. The fourth-order valence-electron chi connectivity index (χ4n) is 10.6. The van der Waals surface area contributed by atoms with Crippen molar-refractivity contribution in [3.63, 3.8) is 0 Å². The second-order valence-corrected chi connectivity index (χ2v) is 26.5. The van der Waals surface area contributed by atoms with Crippen molar-refractivity contribution in [3.8, 4) is 22.3 Å². The fourth-order valence-corrected chi connectivity index (χ4v) is 10.6. The molecule has 0 saturated heterocycles. The number of anilines is 6. The summed E-state index contributed by atoms with van der Waals surface area (Å²) in [5, 5.41) is 0. The molecule has 2 aliphatic rings. The first-order chi connectivity index (χ1) is 32.0. The van der Waals surface area contributed by atoms with Crippen molar-refractivity contribution in [3.05, 3.63) is 173 Å². The molecule has 2 heterocycles. The van der Waals surface area contributed by atoms with Gasteiger partial charge < -0.3 is 9.80 Å². The first-order valence-electron chi connectivity index (χ1n) is 25.5. The zero-order valence-electron chi connectivity index (χ0n) is 45.3. The van der Waals surface area contributed by atoms with Crippen LogP contribution in [0.15, 0.2) is 140 Å². The first-order valence-corrected chi connectivity index (χ1v) is 25.5. The highest BCUT2D eigenvalue weighted by Gasteiger charge is 2.45. The molecule has 0 fully saturated rings. The van der Waals surface area contributed by atoms with E-state index in [2.05, 4.69) is 274 Å². The van der Waals surface area contributed by atoms with E-state index in [0.717, 1.165) is 0 Å². The van der Waals surface area contributed by atoms with Crippen LogP contribution < -0.4 is 26.2 Å². The molecule has 0 N–H and O–H groups in total. The molecule has 0 radical (unpaired) electrons. The van der Waals surface area contributed by atoms with Gasteiger partial charge in [-0.1, -0.05) is 216 Å². The van der Waals surface area contributed by atoms with Crippen molar-refractivity contribution in [2.45, 2.75) is 157 Å². The van der Waals surface area contributed by atoms with Gasteiger partial charge >= 0.3 is 0 Å². The van der Waals surface area contributed by atoms with E-state index in [-0.39, 0.29) is 39.2 Å². The molecule has 0 aliphatic carbocycles. The summed E-state index contributed by atoms with van der Waals surface area (Å²) >= 11 is 0. The Morgan fingerprint density at radius 1 is 0.275 bits per heavy atom. The lowest BCUT2D eigenvalue weighted by molar-refractivity contribution is 0.589. The largest absolute Gasteiger partial charge is 0.311 e. The third-order valence-corrected chi connectivity index (χ3v) is 15.1. The number of benzene rings is 7. The lowest BCUT2D eigenvalue weighted by Gasteiger charge is -2.45. The molecule has 3 heteroatoms. The summed E-state index contributed by atoms with van der Waals surface area (Å²) in [7, 11) is 0. The second-order valence-electron chi connectivity index (χ2n) is 26.5. The SMILES string of the molecule is CC(C)(C)c1ccc(-c2cc(C(C)(C)C)ccc2N2c3ccc(C(C)(C)C)cc3B3c4cc(C(C)(C)C)ccc4N(c4ccc(C(C)(C)C)cc4-c4ccc(C(C)(C)C)cc4)c4cccc2c43)cc1. The minimum absolute atomic E-state index is 0.00466. The van der Waals surface area contributed by atoms with Crippen LogP contribution in [0.3, 0.4) is 0 Å². The molecule has 7 aromatic carbocycles. The van der Waals surface area contributed by atoms with Crippen LogP contribution in [-0.4, -0.2) is 6.71 Å². The Kier molecular flexibility index (Phi) is 11.5. The lowest BCUT2D eigenvalue weighted by atomic mass is 9.33. The van der Waals surface area contributed by atoms with Gasteiger partial charge in [-0.15, -0.1) is 0 Å². The van der Waals surface area contributed by atoms with Gasteiger partial charge in [-0.2, -0.15) is 0 Å². The molecular formula is C66H77BN2. The van der Waals surface area contributed by atoms with Crippen molar-refractivity contribution >= 4 is 57.2 Å². The number of rotatable bonds is 4. The molecule has 2 nitrogen and oxygen atoms in total. The summed E-state index contributed by atoms with van der Waals surface area (Å²) in [6.45, 7) is 41.9. The maximum Gasteiger partial charge on any atom is 0.252 e. The average Bonchev–Trinajstić information content (AvgIpc) is 3.26. The third-order valence-electron chi connectivity index (χ3n) is 15.1. The smallest absolute Gasteiger partial charge is 0.252 e. The van der Waals surface area contributed by atoms with Gasteiger partial charge in [0.25, 0.3) is 6.71 Å². The second kappa shape index (κ2) is 16.4. The van der Waals surface area contributed by atoms with E-state index >= 15 is 0 Å². The monoisotopic (exact) mass is 909 g/mol. The number of fused-ring (bicyclic) bond motifs is 4. The molecule has 0 aromatic heterocycles. The first kappa shape index (κ1) is 48.2. The van der Waals surface area contributed by atoms with Crippen molar-refractivity contribution in [1.82, 2.24) is 0 Å². The average molecular weight is 909 g/mol. The molecule has 0 saturated carbocycles. The standard InChI is InChI=1S/C66H77BN2/c1-61(2,3)44-26-22-42(23-27-44)50-38-46(63(7,8)9)30-34-54(50)68-56-36-32-48(65(13,14)15)40-52(56)67-53-41-49(66(16,17)18)33-37-57(53)69(59-21-19-20-58(68)60(59)67)55-35-31-47(64(10,11)12)39-51(55)43-24-28-45(29-25-43)62(4,5)6/h19-41H,1-18H3. The van der Waals surface area contributed by atoms with E-state index in [9.17, 15) is 0 Å². The number of hydrogen-bond donors (Lipinski definition) is 0. The Balaban J connectivity index is 1.38. The minimum Gasteiger partial charge on any atom is -0.311 e. The summed E-state index contributed by atoms with van der Waals surface area (Å²) < 4.78 is 0. The van der Waals surface area contributed by atoms with Crippen molar-refractivity contribution in [2.75, 3.05) is 9.80 Å². The summed E-state index contributed by atoms with van der Waals surface area (Å²) in [5.41, 5.74) is 24.3. The van der Waals surface area contributed by atoms with E-state index in [4.69, 9.17) is 0 Å². The maximum atomic E-state index is 2.61. The number of hydrogen-bond acceptors (Lipinski definition) is 2. The van der Waals surface area contributed by atoms with E-state index in [0.29, 0.717) is 0 Å². The Morgan fingerprint density at radius 3 is 0.855 bits per heavy atom. The summed E-state index contributed by atoms with van der Waals surface area (Å²) in [5.74, 6) is 0. The van der Waals surface area contributed by atoms with Crippen LogP contribution in [0.1, 0.15) is 158 Å². The Morgan fingerprint density at radius 2 is 0.551 bits per heavy atom. The van der Waals surface area contributed by atoms with Crippen LogP contribution >= 0.6 is 0 Å². The van der Waals surface area contributed by atoms with Crippen molar-refractivity contribution in [1.29, 1.82) is 0 Å². The Hall–Kier alpha value is -5.80. The maximum absolute atomic E-state index is 2.61. The molecule has 0 spiro atoms. The van der Waals surface area contributed by atoms with Gasteiger partial charge in [0.05, 0.1) is 11.4 Å². The van der Waals surface area contributed by atoms with Crippen LogP contribution in [0.5, 0.6) is 0 Å². The molecule has 7 aromatic rings. The molecule has 0 bridgehead atoms. The molecule has 0 unspecified atom stereocenters. The molecule has 9 rings (SSSR count).